The number of benzene rings is 2. The molecule has 0 fully saturated rings. The molecule has 0 atom stereocenters. The average Bonchev–Trinajstić information content (AvgIpc) is 2.47. The van der Waals surface area contributed by atoms with Crippen molar-refractivity contribution in [2.75, 3.05) is 0 Å². The third kappa shape index (κ3) is 3.28. The lowest BCUT2D eigenvalue weighted by Gasteiger charge is -2.03. The van der Waals surface area contributed by atoms with E-state index < -0.39 is 11.8 Å². The fraction of sp³-hybridized carbons (Fsp3) is 0. The molecule has 2 aromatic rings. The number of carboxylic acid groups (broad SMARTS) is 1. The van der Waals surface area contributed by atoms with Gasteiger partial charge in [0.05, 0.1) is 22.2 Å². The van der Waals surface area contributed by atoms with Gasteiger partial charge in [0.25, 0.3) is 0 Å². The fourth-order valence-corrected chi connectivity index (χ4v) is 1.98. The number of allylic oxidation sites excluding steroid dienone is 1. The van der Waals surface area contributed by atoms with Gasteiger partial charge in [-0.3, -0.25) is 0 Å². The largest absolute Gasteiger partial charge is 0.478 e. The van der Waals surface area contributed by atoms with Gasteiger partial charge in [0.2, 0.25) is 0 Å². The van der Waals surface area contributed by atoms with Crippen molar-refractivity contribution in [2.45, 2.75) is 0 Å². The molecule has 21 heavy (non-hydrogen) atoms. The molecule has 0 aliphatic carbocycles. The predicted octanol–water partition coefficient (Wildman–Crippen LogP) is 4.24. The molecule has 5 heteroatoms. The van der Waals surface area contributed by atoms with E-state index in [0.29, 0.717) is 5.56 Å². The summed E-state index contributed by atoms with van der Waals surface area (Å²) in [5.41, 5.74) is 0.916. The highest BCUT2D eigenvalue weighted by Gasteiger charge is 2.09. The van der Waals surface area contributed by atoms with Crippen LogP contribution >= 0.6 is 11.6 Å². The highest BCUT2D eigenvalue weighted by molar-refractivity contribution is 6.32. The van der Waals surface area contributed by atoms with E-state index in [9.17, 15) is 14.4 Å². The van der Waals surface area contributed by atoms with Crippen LogP contribution in [0.15, 0.2) is 42.5 Å². The summed E-state index contributed by atoms with van der Waals surface area (Å²) in [7, 11) is 0. The summed E-state index contributed by atoms with van der Waals surface area (Å²) in [6, 6.07) is 12.0. The summed E-state index contributed by atoms with van der Waals surface area (Å²) in [5.74, 6) is -1.58. The zero-order chi connectivity index (χ0) is 15.4. The molecule has 1 N–H and O–H groups in total. The van der Waals surface area contributed by atoms with Crippen LogP contribution < -0.4 is 0 Å². The van der Waals surface area contributed by atoms with Crippen LogP contribution in [0, 0.1) is 17.1 Å². The van der Waals surface area contributed by atoms with Crippen LogP contribution in [0.5, 0.6) is 0 Å². The second kappa shape index (κ2) is 6.21. The smallest absolute Gasteiger partial charge is 0.335 e. The normalized spacial score (nSPS) is 11.0. The Morgan fingerprint density at radius 2 is 1.81 bits per heavy atom. The van der Waals surface area contributed by atoms with Gasteiger partial charge in [-0.2, -0.15) is 5.26 Å². The SMILES string of the molecule is N#C/C(=C/c1c(F)cccc1Cl)c1ccc(C(=O)O)cc1. The quantitative estimate of drug-likeness (QED) is 0.681. The zero-order valence-corrected chi connectivity index (χ0v) is 11.4. The van der Waals surface area contributed by atoms with Gasteiger partial charge in [-0.15, -0.1) is 0 Å². The van der Waals surface area contributed by atoms with Gasteiger partial charge in [0, 0.05) is 5.56 Å². The maximum absolute atomic E-state index is 13.7. The molecule has 104 valence electrons. The Morgan fingerprint density at radius 1 is 1.19 bits per heavy atom. The van der Waals surface area contributed by atoms with E-state index in [1.165, 1.54) is 48.5 Å². The van der Waals surface area contributed by atoms with E-state index in [2.05, 4.69) is 0 Å². The first-order valence-electron chi connectivity index (χ1n) is 5.92. The monoisotopic (exact) mass is 301 g/mol. The summed E-state index contributed by atoms with van der Waals surface area (Å²) in [4.78, 5) is 10.8. The van der Waals surface area contributed by atoms with Gasteiger partial charge in [-0.1, -0.05) is 29.8 Å². The second-order valence-corrected chi connectivity index (χ2v) is 4.59. The zero-order valence-electron chi connectivity index (χ0n) is 10.7. The van der Waals surface area contributed by atoms with Crippen molar-refractivity contribution < 1.29 is 14.3 Å². The maximum atomic E-state index is 13.7. The molecule has 3 nitrogen and oxygen atoms in total. The number of carboxylic acids is 1. The maximum Gasteiger partial charge on any atom is 0.335 e. The van der Waals surface area contributed by atoms with Gasteiger partial charge in [0.15, 0.2) is 0 Å². The van der Waals surface area contributed by atoms with Crippen LogP contribution in [-0.4, -0.2) is 11.1 Å². The summed E-state index contributed by atoms with van der Waals surface area (Å²) in [6.07, 6.45) is 1.34. The van der Waals surface area contributed by atoms with Crippen LogP contribution in [0.4, 0.5) is 4.39 Å². The van der Waals surface area contributed by atoms with Gasteiger partial charge in [0.1, 0.15) is 5.82 Å². The molecule has 0 spiro atoms. The second-order valence-electron chi connectivity index (χ2n) is 4.19. The molecule has 2 aromatic carbocycles. The van der Waals surface area contributed by atoms with Crippen LogP contribution in [-0.2, 0) is 0 Å². The molecule has 0 aromatic heterocycles. The lowest BCUT2D eigenvalue weighted by Crippen LogP contribution is -1.95. The van der Waals surface area contributed by atoms with E-state index >= 15 is 0 Å². The first kappa shape index (κ1) is 14.8. The number of nitrogens with zero attached hydrogens (tertiary/aromatic N) is 1. The number of aromatic carboxylic acids is 1. The predicted molar refractivity (Wildman–Crippen MR) is 78.3 cm³/mol. The number of halogens is 2. The van der Waals surface area contributed by atoms with Crippen molar-refractivity contribution in [3.05, 3.63) is 70.0 Å². The summed E-state index contributed by atoms with van der Waals surface area (Å²) in [6.45, 7) is 0. The minimum Gasteiger partial charge on any atom is -0.478 e. The highest BCUT2D eigenvalue weighted by Crippen LogP contribution is 2.25. The van der Waals surface area contributed by atoms with E-state index in [0.717, 1.165) is 0 Å². The van der Waals surface area contributed by atoms with E-state index in [1.807, 2.05) is 6.07 Å². The third-order valence-electron chi connectivity index (χ3n) is 2.85. The molecular weight excluding hydrogens is 293 g/mol. The molecule has 0 heterocycles. The Balaban J connectivity index is 2.47. The van der Waals surface area contributed by atoms with Crippen LogP contribution in [0.2, 0.25) is 5.02 Å². The third-order valence-corrected chi connectivity index (χ3v) is 3.18. The fourth-order valence-electron chi connectivity index (χ4n) is 1.77. The van der Waals surface area contributed by atoms with Crippen molar-refractivity contribution in [1.29, 1.82) is 5.26 Å². The topological polar surface area (TPSA) is 61.1 Å². The van der Waals surface area contributed by atoms with Gasteiger partial charge in [-0.25, -0.2) is 9.18 Å². The standard InChI is InChI=1S/C16H9ClFNO2/c17-14-2-1-3-15(18)13(14)8-12(9-19)10-4-6-11(7-5-10)16(20)21/h1-8H,(H,20,21)/b12-8-. The number of hydrogen-bond donors (Lipinski definition) is 1. The van der Waals surface area contributed by atoms with Gasteiger partial charge < -0.3 is 5.11 Å². The molecule has 0 saturated carbocycles. The number of carbonyl (C=O) groups is 1. The summed E-state index contributed by atoms with van der Waals surface area (Å²) in [5, 5.41) is 18.2. The van der Waals surface area contributed by atoms with Gasteiger partial charge in [-0.05, 0) is 35.9 Å². The summed E-state index contributed by atoms with van der Waals surface area (Å²) < 4.78 is 13.7. The van der Waals surface area contributed by atoms with Crippen LogP contribution in [0.3, 0.4) is 0 Å². The molecule has 0 aliphatic rings. The Morgan fingerprint density at radius 3 is 2.33 bits per heavy atom. The van der Waals surface area contributed by atoms with E-state index in [1.54, 1.807) is 0 Å². The van der Waals surface area contributed by atoms with Crippen molar-refractivity contribution in [2.24, 2.45) is 0 Å². The minimum absolute atomic E-state index is 0.111. The average molecular weight is 302 g/mol. The molecule has 0 aliphatic heterocycles. The van der Waals surface area contributed by atoms with E-state index in [4.69, 9.17) is 16.7 Å². The van der Waals surface area contributed by atoms with E-state index in [-0.39, 0.29) is 21.7 Å². The summed E-state index contributed by atoms with van der Waals surface area (Å²) >= 11 is 5.91. The molecule has 0 amide bonds. The minimum atomic E-state index is -1.05. The van der Waals surface area contributed by atoms with Crippen LogP contribution in [0.25, 0.3) is 11.6 Å². The lowest BCUT2D eigenvalue weighted by atomic mass is 10.0. The first-order valence-corrected chi connectivity index (χ1v) is 6.30. The highest BCUT2D eigenvalue weighted by atomic mass is 35.5. The Kier molecular flexibility index (Phi) is 4.36. The Hall–Kier alpha value is -2.64. The lowest BCUT2D eigenvalue weighted by molar-refractivity contribution is 0.0697. The van der Waals surface area contributed by atoms with Gasteiger partial charge >= 0.3 is 5.97 Å². The molecule has 0 bridgehead atoms. The Bertz CT molecular complexity index is 741. The Labute approximate surface area is 125 Å². The van der Waals surface area contributed by atoms with Crippen molar-refractivity contribution in [1.82, 2.24) is 0 Å². The molecule has 0 radical (unpaired) electrons. The molecule has 0 saturated heterocycles. The molecule has 0 unspecified atom stereocenters. The van der Waals surface area contributed by atoms with Crippen molar-refractivity contribution in [3.63, 3.8) is 0 Å². The first-order chi connectivity index (χ1) is 10.0. The van der Waals surface area contributed by atoms with Crippen molar-refractivity contribution >= 4 is 29.2 Å². The number of rotatable bonds is 3. The number of nitriles is 1. The number of hydrogen-bond acceptors (Lipinski definition) is 2. The van der Waals surface area contributed by atoms with Crippen LogP contribution in [0.1, 0.15) is 21.5 Å². The molecular formula is C16H9ClFNO2. The molecule has 2 rings (SSSR count). The van der Waals surface area contributed by atoms with Crippen molar-refractivity contribution in [3.8, 4) is 6.07 Å².